The molecule has 0 aliphatic carbocycles. The van der Waals surface area contributed by atoms with Crippen LogP contribution in [0.15, 0.2) is 30.5 Å². The molecule has 2 aromatic rings. The Kier molecular flexibility index (Phi) is 6.44. The zero-order valence-corrected chi connectivity index (χ0v) is 18.3. The van der Waals surface area contributed by atoms with Gasteiger partial charge >= 0.3 is 0 Å². The molecule has 2 N–H and O–H groups in total. The predicted molar refractivity (Wildman–Crippen MR) is 116 cm³/mol. The number of aryl methyl sites for hydroxylation is 1. The normalized spacial score (nSPS) is 16.6. The lowest BCUT2D eigenvalue weighted by atomic mass is 9.79. The van der Waals surface area contributed by atoms with Crippen LogP contribution in [0.5, 0.6) is 0 Å². The zero-order chi connectivity index (χ0) is 21.1. The number of nitrogens with zero attached hydrogens (tertiary/aromatic N) is 2. The van der Waals surface area contributed by atoms with Crippen molar-refractivity contribution in [3.8, 4) is 5.69 Å². The number of ether oxygens (including phenoxy) is 1. The molecular formula is C23H34N4O2. The number of aromatic nitrogens is 2. The minimum Gasteiger partial charge on any atom is -0.384 e. The molecule has 6 heteroatoms. The number of amides is 1. The maximum Gasteiger partial charge on any atom is 0.254 e. The summed E-state index contributed by atoms with van der Waals surface area (Å²) in [5.41, 5.74) is 3.35. The van der Waals surface area contributed by atoms with Crippen LogP contribution in [-0.2, 0) is 10.2 Å². The summed E-state index contributed by atoms with van der Waals surface area (Å²) in [6.07, 6.45) is 3.84. The maximum absolute atomic E-state index is 13.2. The van der Waals surface area contributed by atoms with E-state index >= 15 is 0 Å². The van der Waals surface area contributed by atoms with Crippen molar-refractivity contribution in [2.45, 2.75) is 46.0 Å². The van der Waals surface area contributed by atoms with E-state index in [2.05, 4.69) is 50.5 Å². The lowest BCUT2D eigenvalue weighted by molar-refractivity contribution is 0.0511. The Morgan fingerprint density at radius 3 is 2.48 bits per heavy atom. The van der Waals surface area contributed by atoms with Crippen molar-refractivity contribution >= 4 is 5.91 Å². The second kappa shape index (κ2) is 8.67. The van der Waals surface area contributed by atoms with E-state index in [0.29, 0.717) is 18.7 Å². The van der Waals surface area contributed by atoms with Crippen LogP contribution >= 0.6 is 0 Å². The minimum absolute atomic E-state index is 0.00942. The molecule has 1 amide bonds. The number of benzene rings is 1. The van der Waals surface area contributed by atoms with Gasteiger partial charge in [0.2, 0.25) is 0 Å². The van der Waals surface area contributed by atoms with Crippen LogP contribution in [0.3, 0.4) is 0 Å². The number of carbonyl (C=O) groups excluding carboxylic acids is 1. The molecule has 3 rings (SSSR count). The van der Waals surface area contributed by atoms with Crippen molar-refractivity contribution in [3.63, 3.8) is 0 Å². The van der Waals surface area contributed by atoms with Crippen molar-refractivity contribution < 1.29 is 9.53 Å². The first kappa shape index (κ1) is 21.5. The molecule has 0 saturated carbocycles. The first-order valence-corrected chi connectivity index (χ1v) is 10.4. The van der Waals surface area contributed by atoms with Crippen molar-refractivity contribution in [1.82, 2.24) is 20.4 Å². The topological polar surface area (TPSA) is 68.2 Å². The number of hydrogen-bond donors (Lipinski definition) is 2. The van der Waals surface area contributed by atoms with Gasteiger partial charge in [0, 0.05) is 30.7 Å². The highest BCUT2D eigenvalue weighted by Crippen LogP contribution is 2.29. The fourth-order valence-electron chi connectivity index (χ4n) is 3.92. The monoisotopic (exact) mass is 398 g/mol. The van der Waals surface area contributed by atoms with Gasteiger partial charge in [0.1, 0.15) is 0 Å². The Morgan fingerprint density at radius 2 is 1.90 bits per heavy atom. The van der Waals surface area contributed by atoms with Crippen molar-refractivity contribution in [3.05, 3.63) is 47.3 Å². The van der Waals surface area contributed by atoms with Crippen LogP contribution in [0.1, 0.15) is 55.2 Å². The molecule has 1 fully saturated rings. The van der Waals surface area contributed by atoms with Gasteiger partial charge in [0.05, 0.1) is 23.6 Å². The van der Waals surface area contributed by atoms with Gasteiger partial charge in [-0.05, 0) is 45.0 Å². The van der Waals surface area contributed by atoms with E-state index in [1.54, 1.807) is 7.11 Å². The average Bonchev–Trinajstić information content (AvgIpc) is 3.14. The SMILES string of the molecule is COCC1(CNC(=O)c2cn(-c3ccc(C)cc3)nc2C(C)(C)C)CCNCC1. The summed E-state index contributed by atoms with van der Waals surface area (Å²) in [7, 11) is 1.73. The largest absolute Gasteiger partial charge is 0.384 e. The minimum atomic E-state index is -0.235. The summed E-state index contributed by atoms with van der Waals surface area (Å²) in [6, 6.07) is 8.16. The lowest BCUT2D eigenvalue weighted by Gasteiger charge is -2.37. The number of piperidine rings is 1. The van der Waals surface area contributed by atoms with Gasteiger partial charge in [0.25, 0.3) is 5.91 Å². The summed E-state index contributed by atoms with van der Waals surface area (Å²) < 4.78 is 7.29. The number of rotatable bonds is 6. The molecule has 0 atom stereocenters. The van der Waals surface area contributed by atoms with E-state index in [-0.39, 0.29) is 16.7 Å². The molecule has 0 bridgehead atoms. The maximum atomic E-state index is 13.2. The summed E-state index contributed by atoms with van der Waals surface area (Å²) in [4.78, 5) is 13.2. The molecule has 158 valence electrons. The van der Waals surface area contributed by atoms with Gasteiger partial charge in [-0.2, -0.15) is 5.10 Å². The van der Waals surface area contributed by atoms with Crippen molar-refractivity contribution in [2.24, 2.45) is 5.41 Å². The Morgan fingerprint density at radius 1 is 1.24 bits per heavy atom. The third kappa shape index (κ3) is 5.06. The van der Waals surface area contributed by atoms with Crippen LogP contribution in [0, 0.1) is 12.3 Å². The molecule has 0 unspecified atom stereocenters. The van der Waals surface area contributed by atoms with Gasteiger partial charge in [-0.15, -0.1) is 0 Å². The second-order valence-corrected chi connectivity index (χ2v) is 9.29. The van der Waals surface area contributed by atoms with Crippen molar-refractivity contribution in [2.75, 3.05) is 33.4 Å². The predicted octanol–water partition coefficient (Wildman–Crippen LogP) is 3.22. The molecule has 29 heavy (non-hydrogen) atoms. The van der Waals surface area contributed by atoms with Gasteiger partial charge in [-0.25, -0.2) is 4.68 Å². The second-order valence-electron chi connectivity index (χ2n) is 9.29. The van der Waals surface area contributed by atoms with Crippen LogP contribution in [0.4, 0.5) is 0 Å². The molecule has 1 aromatic carbocycles. The standard InChI is InChI=1S/C23H34N4O2/c1-17-6-8-18(9-7-17)27-14-19(20(26-27)22(2,3)4)21(28)25-15-23(16-29-5)10-12-24-13-11-23/h6-9,14,24H,10-13,15-16H2,1-5H3,(H,25,28). The third-order valence-electron chi connectivity index (χ3n) is 5.71. The number of methoxy groups -OCH3 is 1. The average molecular weight is 399 g/mol. The third-order valence-corrected chi connectivity index (χ3v) is 5.71. The van der Waals surface area contributed by atoms with Gasteiger partial charge < -0.3 is 15.4 Å². The van der Waals surface area contributed by atoms with Gasteiger partial charge in [-0.1, -0.05) is 38.5 Å². The zero-order valence-electron chi connectivity index (χ0n) is 18.3. The molecule has 1 aliphatic heterocycles. The van der Waals surface area contributed by atoms with Crippen LogP contribution in [-0.4, -0.2) is 49.0 Å². The van der Waals surface area contributed by atoms with Crippen LogP contribution in [0.25, 0.3) is 5.69 Å². The molecule has 1 aromatic heterocycles. The Bertz CT molecular complexity index is 822. The summed E-state index contributed by atoms with van der Waals surface area (Å²) in [6.45, 7) is 11.5. The Labute approximate surface area is 174 Å². The van der Waals surface area contributed by atoms with E-state index in [0.717, 1.165) is 37.3 Å². The Hall–Kier alpha value is -2.18. The van der Waals surface area contributed by atoms with Crippen LogP contribution in [0.2, 0.25) is 0 Å². The Balaban J connectivity index is 1.84. The highest BCUT2D eigenvalue weighted by Gasteiger charge is 2.34. The molecule has 0 radical (unpaired) electrons. The molecule has 0 spiro atoms. The van der Waals surface area contributed by atoms with E-state index < -0.39 is 0 Å². The summed E-state index contributed by atoms with van der Waals surface area (Å²) in [5, 5.41) is 11.3. The highest BCUT2D eigenvalue weighted by molar-refractivity contribution is 5.95. The first-order chi connectivity index (χ1) is 13.7. The number of carbonyl (C=O) groups is 1. The fourth-order valence-corrected chi connectivity index (χ4v) is 3.92. The molecule has 6 nitrogen and oxygen atoms in total. The molecule has 1 saturated heterocycles. The molecule has 1 aliphatic rings. The number of nitrogens with one attached hydrogen (secondary N) is 2. The van der Waals surface area contributed by atoms with E-state index in [1.165, 1.54) is 5.56 Å². The van der Waals surface area contributed by atoms with Gasteiger partial charge in [-0.3, -0.25) is 4.79 Å². The molecular weight excluding hydrogens is 364 g/mol. The number of hydrogen-bond acceptors (Lipinski definition) is 4. The van der Waals surface area contributed by atoms with Gasteiger partial charge in [0.15, 0.2) is 0 Å². The first-order valence-electron chi connectivity index (χ1n) is 10.4. The quantitative estimate of drug-likeness (QED) is 0.784. The van der Waals surface area contributed by atoms with Crippen molar-refractivity contribution in [1.29, 1.82) is 0 Å². The summed E-state index contributed by atoms with van der Waals surface area (Å²) in [5.74, 6) is -0.0673. The van der Waals surface area contributed by atoms with E-state index in [4.69, 9.17) is 9.84 Å². The molecule has 2 heterocycles. The van der Waals surface area contributed by atoms with Crippen LogP contribution < -0.4 is 10.6 Å². The lowest BCUT2D eigenvalue weighted by Crippen LogP contribution is -2.47. The fraction of sp³-hybridized carbons (Fsp3) is 0.565. The highest BCUT2D eigenvalue weighted by atomic mass is 16.5. The smallest absolute Gasteiger partial charge is 0.254 e. The van der Waals surface area contributed by atoms with E-state index in [9.17, 15) is 4.79 Å². The summed E-state index contributed by atoms with van der Waals surface area (Å²) >= 11 is 0. The van der Waals surface area contributed by atoms with E-state index in [1.807, 2.05) is 23.0 Å².